The molecule has 3 heterocycles. The topological polar surface area (TPSA) is 64.8 Å². The third kappa shape index (κ3) is 2.67. The molecular formula is C18H20N2O4. The van der Waals surface area contributed by atoms with Gasteiger partial charge in [-0.25, -0.2) is 0 Å². The molecule has 1 saturated carbocycles. The lowest BCUT2D eigenvalue weighted by atomic mass is 10.1. The fourth-order valence-corrected chi connectivity index (χ4v) is 3.61. The summed E-state index contributed by atoms with van der Waals surface area (Å²) >= 11 is 0. The Hall–Kier alpha value is -2.34. The number of aryl methyl sites for hydroxylation is 1. The van der Waals surface area contributed by atoms with Crippen molar-refractivity contribution in [3.05, 3.63) is 48.2 Å². The number of pyridine rings is 1. The molecule has 2 aromatic rings. The second-order valence-electron chi connectivity index (χ2n) is 6.26. The Morgan fingerprint density at radius 2 is 2.29 bits per heavy atom. The van der Waals surface area contributed by atoms with Crippen LogP contribution in [0.4, 0.5) is 0 Å². The number of amides is 1. The summed E-state index contributed by atoms with van der Waals surface area (Å²) in [6.45, 7) is 2.98. The first-order valence-electron chi connectivity index (χ1n) is 8.27. The molecule has 4 rings (SSSR count). The molecule has 0 bridgehead atoms. The molecule has 1 amide bonds. The van der Waals surface area contributed by atoms with Crippen LogP contribution in [0.15, 0.2) is 41.3 Å². The quantitative estimate of drug-likeness (QED) is 0.866. The normalized spacial score (nSPS) is 26.2. The molecule has 6 nitrogen and oxygen atoms in total. The molecule has 1 aliphatic carbocycles. The summed E-state index contributed by atoms with van der Waals surface area (Å²) < 4.78 is 17.4. The molecular weight excluding hydrogens is 308 g/mol. The first-order valence-corrected chi connectivity index (χ1v) is 8.27. The van der Waals surface area contributed by atoms with Crippen LogP contribution in [0.1, 0.15) is 29.0 Å². The predicted molar refractivity (Wildman–Crippen MR) is 85.9 cm³/mol. The van der Waals surface area contributed by atoms with E-state index in [1.165, 1.54) is 0 Å². The van der Waals surface area contributed by atoms with Crippen LogP contribution in [0.25, 0.3) is 0 Å². The Labute approximate surface area is 140 Å². The number of aromatic nitrogens is 1. The van der Waals surface area contributed by atoms with Gasteiger partial charge in [-0.3, -0.25) is 9.78 Å². The number of rotatable bonds is 3. The average molecular weight is 328 g/mol. The van der Waals surface area contributed by atoms with Crippen molar-refractivity contribution in [1.29, 1.82) is 0 Å². The Bertz CT molecular complexity index is 715. The molecule has 2 aromatic heterocycles. The van der Waals surface area contributed by atoms with E-state index in [0.29, 0.717) is 18.9 Å². The highest BCUT2D eigenvalue weighted by Gasteiger charge is 2.46. The maximum atomic E-state index is 12.8. The molecule has 2 aliphatic rings. The molecule has 0 spiro atoms. The fourth-order valence-electron chi connectivity index (χ4n) is 3.61. The molecule has 1 aliphatic heterocycles. The van der Waals surface area contributed by atoms with Crippen molar-refractivity contribution in [2.75, 3.05) is 13.2 Å². The molecule has 6 heteroatoms. The van der Waals surface area contributed by atoms with Crippen LogP contribution in [0, 0.1) is 6.92 Å². The van der Waals surface area contributed by atoms with Gasteiger partial charge >= 0.3 is 0 Å². The Morgan fingerprint density at radius 3 is 3.04 bits per heavy atom. The first-order chi connectivity index (χ1) is 11.7. The van der Waals surface area contributed by atoms with E-state index in [-0.39, 0.29) is 24.2 Å². The van der Waals surface area contributed by atoms with Gasteiger partial charge in [0.25, 0.3) is 5.91 Å². The fraction of sp³-hybridized carbons (Fsp3) is 0.444. The van der Waals surface area contributed by atoms with Crippen molar-refractivity contribution in [3.63, 3.8) is 0 Å². The second-order valence-corrected chi connectivity index (χ2v) is 6.26. The zero-order valence-corrected chi connectivity index (χ0v) is 13.6. The standard InChI is InChI=1S/C18H20N2O4/c1-12-6-9-22-16(12)18(21)20-8-10-23-17-14(20)4-5-15(17)24-13-3-2-7-19-11-13/h2-3,6-7,9,11,14-15,17H,4-5,8,10H2,1H3/t14-,15-,17+/m0/s1. The zero-order chi connectivity index (χ0) is 16.5. The number of carbonyl (C=O) groups is 1. The van der Waals surface area contributed by atoms with Gasteiger partial charge in [0.15, 0.2) is 5.76 Å². The first kappa shape index (κ1) is 15.2. The number of carbonyl (C=O) groups excluding carboxylic acids is 1. The van der Waals surface area contributed by atoms with E-state index in [1.54, 1.807) is 18.7 Å². The van der Waals surface area contributed by atoms with Crippen molar-refractivity contribution in [1.82, 2.24) is 9.88 Å². The van der Waals surface area contributed by atoms with Crippen LogP contribution in [-0.2, 0) is 4.74 Å². The minimum Gasteiger partial charge on any atom is -0.486 e. The Morgan fingerprint density at radius 1 is 1.38 bits per heavy atom. The van der Waals surface area contributed by atoms with Crippen molar-refractivity contribution in [2.45, 2.75) is 38.0 Å². The monoisotopic (exact) mass is 328 g/mol. The SMILES string of the molecule is Cc1ccoc1C(=O)N1CCO[C@H]2[C@@H](Oc3cccnc3)CC[C@@H]21. The number of furan rings is 1. The number of hydrogen-bond acceptors (Lipinski definition) is 5. The van der Waals surface area contributed by atoms with Gasteiger partial charge < -0.3 is 18.8 Å². The van der Waals surface area contributed by atoms with Crippen molar-refractivity contribution < 1.29 is 18.7 Å². The van der Waals surface area contributed by atoms with Crippen LogP contribution in [0.3, 0.4) is 0 Å². The van der Waals surface area contributed by atoms with Gasteiger partial charge in [-0.15, -0.1) is 0 Å². The Balaban J connectivity index is 1.50. The summed E-state index contributed by atoms with van der Waals surface area (Å²) in [5.74, 6) is 1.10. The van der Waals surface area contributed by atoms with E-state index < -0.39 is 0 Å². The highest BCUT2D eigenvalue weighted by atomic mass is 16.5. The molecule has 0 N–H and O–H groups in total. The van der Waals surface area contributed by atoms with Gasteiger partial charge in [-0.2, -0.15) is 0 Å². The van der Waals surface area contributed by atoms with Crippen LogP contribution in [0.2, 0.25) is 0 Å². The highest BCUT2D eigenvalue weighted by molar-refractivity contribution is 5.93. The largest absolute Gasteiger partial charge is 0.486 e. The van der Waals surface area contributed by atoms with E-state index in [2.05, 4.69) is 4.98 Å². The molecule has 3 atom stereocenters. The Kier molecular flexibility index (Phi) is 3.98. The number of hydrogen-bond donors (Lipinski definition) is 0. The second kappa shape index (κ2) is 6.28. The van der Waals surface area contributed by atoms with E-state index in [1.807, 2.05) is 30.0 Å². The lowest BCUT2D eigenvalue weighted by molar-refractivity contribution is -0.0792. The van der Waals surface area contributed by atoms with Crippen molar-refractivity contribution in [2.24, 2.45) is 0 Å². The molecule has 24 heavy (non-hydrogen) atoms. The molecule has 126 valence electrons. The molecule has 2 fully saturated rings. The lowest BCUT2D eigenvalue weighted by Crippen LogP contribution is -2.54. The van der Waals surface area contributed by atoms with Gasteiger partial charge in [0.1, 0.15) is 18.0 Å². The average Bonchev–Trinajstić information content (AvgIpc) is 3.22. The van der Waals surface area contributed by atoms with Crippen LogP contribution >= 0.6 is 0 Å². The minimum atomic E-state index is -0.113. The highest BCUT2D eigenvalue weighted by Crippen LogP contribution is 2.34. The summed E-state index contributed by atoms with van der Waals surface area (Å²) in [7, 11) is 0. The molecule has 1 saturated heterocycles. The zero-order valence-electron chi connectivity index (χ0n) is 13.6. The van der Waals surface area contributed by atoms with Crippen LogP contribution in [-0.4, -0.2) is 47.2 Å². The van der Waals surface area contributed by atoms with Gasteiger partial charge in [0, 0.05) is 18.3 Å². The van der Waals surface area contributed by atoms with Gasteiger partial charge in [-0.05, 0) is 38.0 Å². The maximum absolute atomic E-state index is 12.8. The van der Waals surface area contributed by atoms with Gasteiger partial charge in [0.2, 0.25) is 0 Å². The summed E-state index contributed by atoms with van der Waals surface area (Å²) in [6, 6.07) is 5.57. The maximum Gasteiger partial charge on any atom is 0.290 e. The van der Waals surface area contributed by atoms with E-state index in [0.717, 1.165) is 24.2 Å². The van der Waals surface area contributed by atoms with E-state index in [4.69, 9.17) is 13.9 Å². The minimum absolute atomic E-state index is 0.0254. The number of nitrogens with zero attached hydrogens (tertiary/aromatic N) is 2. The summed E-state index contributed by atoms with van der Waals surface area (Å²) in [5.41, 5.74) is 0.865. The summed E-state index contributed by atoms with van der Waals surface area (Å²) in [4.78, 5) is 18.8. The number of morpholine rings is 1. The molecule has 0 radical (unpaired) electrons. The third-order valence-electron chi connectivity index (χ3n) is 4.77. The van der Waals surface area contributed by atoms with Gasteiger partial charge in [-0.1, -0.05) is 0 Å². The lowest BCUT2D eigenvalue weighted by Gasteiger charge is -2.38. The van der Waals surface area contributed by atoms with Gasteiger partial charge in [0.05, 0.1) is 25.1 Å². The molecule has 0 aromatic carbocycles. The summed E-state index contributed by atoms with van der Waals surface area (Å²) in [5, 5.41) is 0. The van der Waals surface area contributed by atoms with Crippen LogP contribution in [0.5, 0.6) is 5.75 Å². The smallest absolute Gasteiger partial charge is 0.290 e. The number of ether oxygens (including phenoxy) is 2. The third-order valence-corrected chi connectivity index (χ3v) is 4.77. The van der Waals surface area contributed by atoms with E-state index >= 15 is 0 Å². The van der Waals surface area contributed by atoms with E-state index in [9.17, 15) is 4.79 Å². The summed E-state index contributed by atoms with van der Waals surface area (Å²) in [6.07, 6.45) is 6.51. The predicted octanol–water partition coefficient (Wildman–Crippen LogP) is 2.43. The number of fused-ring (bicyclic) bond motifs is 1. The van der Waals surface area contributed by atoms with Crippen LogP contribution < -0.4 is 4.74 Å². The van der Waals surface area contributed by atoms with Crippen molar-refractivity contribution in [3.8, 4) is 5.75 Å². The van der Waals surface area contributed by atoms with Crippen molar-refractivity contribution >= 4 is 5.91 Å². The molecule has 0 unspecified atom stereocenters.